The van der Waals surface area contributed by atoms with Crippen molar-refractivity contribution < 1.29 is 9.13 Å². The van der Waals surface area contributed by atoms with Gasteiger partial charge in [-0.05, 0) is 36.4 Å². The number of methoxy groups -OCH3 is 1. The van der Waals surface area contributed by atoms with E-state index >= 15 is 0 Å². The summed E-state index contributed by atoms with van der Waals surface area (Å²) in [5.74, 6) is 0.170. The van der Waals surface area contributed by atoms with Gasteiger partial charge < -0.3 is 10.1 Å². The molecule has 0 amide bonds. The Bertz CT molecular complexity index is 636. The van der Waals surface area contributed by atoms with Crippen LogP contribution in [-0.4, -0.2) is 13.7 Å². The number of hydrogen-bond donors (Lipinski definition) is 1. The highest BCUT2D eigenvalue weighted by molar-refractivity contribution is 9.10. The third-order valence-electron chi connectivity index (χ3n) is 3.20. The summed E-state index contributed by atoms with van der Waals surface area (Å²) in [6, 6.07) is 10.1. The second-order valence-electron chi connectivity index (χ2n) is 4.54. The fourth-order valence-corrected chi connectivity index (χ4v) is 2.80. The van der Waals surface area contributed by atoms with Crippen LogP contribution in [-0.2, 0) is 0 Å². The molecule has 0 aliphatic heterocycles. The van der Waals surface area contributed by atoms with Gasteiger partial charge in [-0.2, -0.15) is 0 Å². The van der Waals surface area contributed by atoms with E-state index in [0.29, 0.717) is 22.9 Å². The molecule has 2 nitrogen and oxygen atoms in total. The molecule has 2 rings (SSSR count). The van der Waals surface area contributed by atoms with Gasteiger partial charge in [0, 0.05) is 21.1 Å². The Morgan fingerprint density at radius 1 is 1.24 bits per heavy atom. The maximum absolute atomic E-state index is 14.4. The smallest absolute Gasteiger partial charge is 0.132 e. The van der Waals surface area contributed by atoms with Gasteiger partial charge in [-0.3, -0.25) is 0 Å². The third kappa shape index (κ3) is 3.76. The lowest BCUT2D eigenvalue weighted by Crippen LogP contribution is -2.23. The van der Waals surface area contributed by atoms with E-state index in [1.807, 2.05) is 19.1 Å². The van der Waals surface area contributed by atoms with Gasteiger partial charge in [-0.1, -0.05) is 40.5 Å². The van der Waals surface area contributed by atoms with Crippen molar-refractivity contribution in [3.63, 3.8) is 0 Å². The molecule has 0 bridgehead atoms. The van der Waals surface area contributed by atoms with Crippen molar-refractivity contribution in [2.24, 2.45) is 0 Å². The van der Waals surface area contributed by atoms with E-state index in [1.165, 1.54) is 13.2 Å². The molecule has 5 heteroatoms. The van der Waals surface area contributed by atoms with Crippen molar-refractivity contribution in [2.75, 3.05) is 13.7 Å². The average molecular weight is 373 g/mol. The fraction of sp³-hybridized carbons (Fsp3) is 0.250. The van der Waals surface area contributed by atoms with Gasteiger partial charge in [-0.15, -0.1) is 0 Å². The summed E-state index contributed by atoms with van der Waals surface area (Å²) < 4.78 is 20.3. The zero-order valence-corrected chi connectivity index (χ0v) is 14.1. The molecule has 1 N–H and O–H groups in total. The molecule has 2 aromatic carbocycles. The molecule has 21 heavy (non-hydrogen) atoms. The number of halogens is 3. The first-order chi connectivity index (χ1) is 10.1. The van der Waals surface area contributed by atoms with E-state index in [2.05, 4.69) is 21.2 Å². The highest BCUT2D eigenvalue weighted by Crippen LogP contribution is 2.33. The van der Waals surface area contributed by atoms with Crippen LogP contribution in [0, 0.1) is 5.82 Å². The molecule has 1 atom stereocenters. The van der Waals surface area contributed by atoms with Crippen LogP contribution in [0.3, 0.4) is 0 Å². The Hall–Kier alpha value is -1.10. The van der Waals surface area contributed by atoms with Gasteiger partial charge in [0.25, 0.3) is 0 Å². The number of hydrogen-bond acceptors (Lipinski definition) is 2. The Morgan fingerprint density at radius 2 is 2.00 bits per heavy atom. The van der Waals surface area contributed by atoms with Crippen LogP contribution >= 0.6 is 27.5 Å². The summed E-state index contributed by atoms with van der Waals surface area (Å²) >= 11 is 9.71. The lowest BCUT2D eigenvalue weighted by molar-refractivity contribution is 0.410. The number of nitrogens with one attached hydrogen (secondary N) is 1. The van der Waals surface area contributed by atoms with Crippen LogP contribution in [0.5, 0.6) is 5.75 Å². The minimum absolute atomic E-state index is 0.314. The van der Waals surface area contributed by atoms with Crippen molar-refractivity contribution in [3.8, 4) is 5.75 Å². The minimum Gasteiger partial charge on any atom is -0.497 e. The Morgan fingerprint density at radius 3 is 2.62 bits per heavy atom. The molecule has 0 spiro atoms. The predicted molar refractivity (Wildman–Crippen MR) is 87.6 cm³/mol. The Balaban J connectivity index is 2.50. The first kappa shape index (κ1) is 16.3. The molecular formula is C16H16BrClFNO. The summed E-state index contributed by atoms with van der Waals surface area (Å²) in [5.41, 5.74) is 1.37. The number of rotatable bonds is 5. The van der Waals surface area contributed by atoms with E-state index < -0.39 is 0 Å². The quantitative estimate of drug-likeness (QED) is 0.802. The van der Waals surface area contributed by atoms with Gasteiger partial charge >= 0.3 is 0 Å². The van der Waals surface area contributed by atoms with Crippen LogP contribution in [0.2, 0.25) is 5.02 Å². The van der Waals surface area contributed by atoms with Crippen LogP contribution < -0.4 is 10.1 Å². The molecule has 0 saturated heterocycles. The first-order valence-corrected chi connectivity index (χ1v) is 7.75. The van der Waals surface area contributed by atoms with E-state index in [4.69, 9.17) is 16.3 Å². The van der Waals surface area contributed by atoms with Gasteiger partial charge in [0.05, 0.1) is 13.2 Å². The van der Waals surface area contributed by atoms with E-state index in [1.54, 1.807) is 18.2 Å². The number of benzene rings is 2. The molecule has 0 aliphatic carbocycles. The molecule has 0 aromatic heterocycles. The molecule has 0 fully saturated rings. The molecule has 0 heterocycles. The summed E-state index contributed by atoms with van der Waals surface area (Å²) in [4.78, 5) is 0. The zero-order chi connectivity index (χ0) is 15.4. The second kappa shape index (κ2) is 7.25. The van der Waals surface area contributed by atoms with Gasteiger partial charge in [0.1, 0.15) is 11.6 Å². The molecule has 2 aromatic rings. The van der Waals surface area contributed by atoms with Crippen LogP contribution in [0.25, 0.3) is 0 Å². The monoisotopic (exact) mass is 371 g/mol. The fourth-order valence-electron chi connectivity index (χ4n) is 2.20. The van der Waals surface area contributed by atoms with Crippen molar-refractivity contribution in [1.29, 1.82) is 0 Å². The summed E-state index contributed by atoms with van der Waals surface area (Å²) in [5, 5.41) is 3.87. The molecule has 112 valence electrons. The highest BCUT2D eigenvalue weighted by Gasteiger charge is 2.20. The highest BCUT2D eigenvalue weighted by atomic mass is 79.9. The average Bonchev–Trinajstić information content (AvgIpc) is 2.48. The largest absolute Gasteiger partial charge is 0.497 e. The van der Waals surface area contributed by atoms with E-state index in [-0.39, 0.29) is 11.9 Å². The first-order valence-electron chi connectivity index (χ1n) is 6.58. The topological polar surface area (TPSA) is 21.3 Å². The lowest BCUT2D eigenvalue weighted by atomic mass is 9.98. The van der Waals surface area contributed by atoms with E-state index in [0.717, 1.165) is 10.0 Å². The van der Waals surface area contributed by atoms with Crippen molar-refractivity contribution >= 4 is 27.5 Å². The molecular weight excluding hydrogens is 357 g/mol. The predicted octanol–water partition coefficient (Wildman–Crippen LogP) is 4.95. The molecule has 0 aliphatic rings. The van der Waals surface area contributed by atoms with Gasteiger partial charge in [0.15, 0.2) is 0 Å². The normalized spacial score (nSPS) is 12.2. The van der Waals surface area contributed by atoms with Crippen LogP contribution in [0.4, 0.5) is 4.39 Å². The SMILES string of the molecule is CCNC(c1ccc(OC)cc1F)c1cc(Br)ccc1Cl. The summed E-state index contributed by atoms with van der Waals surface area (Å²) in [7, 11) is 1.52. The molecule has 0 radical (unpaired) electrons. The van der Waals surface area contributed by atoms with Gasteiger partial charge in [-0.25, -0.2) is 4.39 Å². The Labute approximate surface area is 137 Å². The second-order valence-corrected chi connectivity index (χ2v) is 5.87. The van der Waals surface area contributed by atoms with Crippen molar-refractivity contribution in [2.45, 2.75) is 13.0 Å². The zero-order valence-electron chi connectivity index (χ0n) is 11.8. The van der Waals surface area contributed by atoms with Crippen molar-refractivity contribution in [3.05, 3.63) is 62.8 Å². The number of ether oxygens (including phenoxy) is 1. The van der Waals surface area contributed by atoms with E-state index in [9.17, 15) is 4.39 Å². The standard InChI is InChI=1S/C16H16BrClFNO/c1-3-20-16(13-8-10(17)4-7-14(13)18)12-6-5-11(21-2)9-15(12)19/h4-9,16,20H,3H2,1-2H3. The third-order valence-corrected chi connectivity index (χ3v) is 4.03. The summed E-state index contributed by atoms with van der Waals surface area (Å²) in [6.45, 7) is 2.67. The molecule has 0 saturated carbocycles. The maximum Gasteiger partial charge on any atom is 0.132 e. The van der Waals surface area contributed by atoms with Crippen molar-refractivity contribution in [1.82, 2.24) is 5.32 Å². The minimum atomic E-state index is -0.323. The lowest BCUT2D eigenvalue weighted by Gasteiger charge is -2.21. The Kier molecular flexibility index (Phi) is 5.62. The van der Waals surface area contributed by atoms with Crippen LogP contribution in [0.1, 0.15) is 24.1 Å². The van der Waals surface area contributed by atoms with Gasteiger partial charge in [0.2, 0.25) is 0 Å². The molecule has 1 unspecified atom stereocenters. The summed E-state index contributed by atoms with van der Waals surface area (Å²) in [6.07, 6.45) is 0. The van der Waals surface area contributed by atoms with Crippen LogP contribution in [0.15, 0.2) is 40.9 Å². The maximum atomic E-state index is 14.4.